The van der Waals surface area contributed by atoms with Gasteiger partial charge in [0, 0.05) is 0 Å². The van der Waals surface area contributed by atoms with Crippen molar-refractivity contribution < 1.29 is 23.9 Å². The first-order chi connectivity index (χ1) is 15.4. The molecule has 0 bridgehead atoms. The molecule has 1 fully saturated rings. The molecular formula is C24H27N3O5. The van der Waals surface area contributed by atoms with E-state index in [9.17, 15) is 14.4 Å². The molecule has 8 heteroatoms. The molecular weight excluding hydrogens is 410 g/mol. The van der Waals surface area contributed by atoms with Gasteiger partial charge in [0.25, 0.3) is 5.91 Å². The van der Waals surface area contributed by atoms with Gasteiger partial charge in [-0.05, 0) is 36.6 Å². The first-order valence-corrected chi connectivity index (χ1v) is 10.8. The fraction of sp³-hybridized carbons (Fsp3) is 0.375. The van der Waals surface area contributed by atoms with E-state index in [4.69, 9.17) is 9.47 Å². The maximum absolute atomic E-state index is 13.3. The number of imide groups is 1. The molecule has 0 spiro atoms. The standard InChI is InChI=1S/C24H27N3O5/c1-3-11-24(18-7-5-4-6-8-18)22(29)27(23(30)26-24)15-21(28)25-16(2)17-9-10-19-20(14-17)32-13-12-31-19/h4-10,14,16H,3,11-13,15H2,1-2H3,(H,25,28)(H,26,30). The van der Waals surface area contributed by atoms with Crippen molar-refractivity contribution >= 4 is 17.8 Å². The molecule has 0 radical (unpaired) electrons. The number of urea groups is 1. The lowest BCUT2D eigenvalue weighted by Crippen LogP contribution is -2.45. The average Bonchev–Trinajstić information content (AvgIpc) is 3.04. The number of nitrogens with one attached hydrogen (secondary N) is 2. The highest BCUT2D eigenvalue weighted by Gasteiger charge is 2.52. The third kappa shape index (κ3) is 4.00. The van der Waals surface area contributed by atoms with E-state index in [2.05, 4.69) is 10.6 Å². The maximum atomic E-state index is 13.3. The zero-order chi connectivity index (χ0) is 22.7. The average molecular weight is 437 g/mol. The van der Waals surface area contributed by atoms with Crippen LogP contribution in [0.4, 0.5) is 4.79 Å². The maximum Gasteiger partial charge on any atom is 0.325 e. The fourth-order valence-corrected chi connectivity index (χ4v) is 4.22. The fourth-order valence-electron chi connectivity index (χ4n) is 4.22. The van der Waals surface area contributed by atoms with Crippen LogP contribution in [0.3, 0.4) is 0 Å². The zero-order valence-electron chi connectivity index (χ0n) is 18.2. The van der Waals surface area contributed by atoms with Crippen molar-refractivity contribution in [2.45, 2.75) is 38.3 Å². The molecule has 2 aromatic rings. The van der Waals surface area contributed by atoms with Crippen molar-refractivity contribution in [2.24, 2.45) is 0 Å². The van der Waals surface area contributed by atoms with Crippen molar-refractivity contribution in [2.75, 3.05) is 19.8 Å². The highest BCUT2D eigenvalue weighted by Crippen LogP contribution is 2.34. The Balaban J connectivity index is 1.46. The van der Waals surface area contributed by atoms with E-state index in [1.54, 1.807) is 0 Å². The molecule has 32 heavy (non-hydrogen) atoms. The van der Waals surface area contributed by atoms with E-state index < -0.39 is 23.4 Å². The Labute approximate surface area is 186 Å². The Hall–Kier alpha value is -3.55. The third-order valence-electron chi connectivity index (χ3n) is 5.81. The second-order valence-electron chi connectivity index (χ2n) is 8.04. The van der Waals surface area contributed by atoms with Gasteiger partial charge in [-0.1, -0.05) is 49.7 Å². The van der Waals surface area contributed by atoms with E-state index in [1.165, 1.54) is 0 Å². The Bertz CT molecular complexity index is 1030. The SMILES string of the molecule is CCCC1(c2ccccc2)NC(=O)N(CC(=O)NC(C)c2ccc3c(c2)OCCO3)C1=O. The lowest BCUT2D eigenvalue weighted by Gasteiger charge is -2.27. The van der Waals surface area contributed by atoms with Gasteiger partial charge in [-0.15, -0.1) is 0 Å². The summed E-state index contributed by atoms with van der Waals surface area (Å²) in [5, 5.41) is 5.70. The molecule has 168 valence electrons. The van der Waals surface area contributed by atoms with Crippen LogP contribution in [0.15, 0.2) is 48.5 Å². The van der Waals surface area contributed by atoms with Gasteiger partial charge in [0.15, 0.2) is 11.5 Å². The summed E-state index contributed by atoms with van der Waals surface area (Å²) in [5.74, 6) is 0.483. The van der Waals surface area contributed by atoms with Crippen LogP contribution in [-0.2, 0) is 15.1 Å². The second kappa shape index (κ2) is 8.90. The summed E-state index contributed by atoms with van der Waals surface area (Å²) in [6.45, 7) is 4.42. The summed E-state index contributed by atoms with van der Waals surface area (Å²) in [6, 6.07) is 13.7. The van der Waals surface area contributed by atoms with E-state index in [0.29, 0.717) is 43.1 Å². The number of ether oxygens (including phenoxy) is 2. The van der Waals surface area contributed by atoms with Crippen molar-refractivity contribution in [3.8, 4) is 11.5 Å². The van der Waals surface area contributed by atoms with Gasteiger partial charge in [0.05, 0.1) is 6.04 Å². The van der Waals surface area contributed by atoms with Crippen molar-refractivity contribution in [1.29, 1.82) is 0 Å². The summed E-state index contributed by atoms with van der Waals surface area (Å²) >= 11 is 0. The number of rotatable bonds is 7. The van der Waals surface area contributed by atoms with E-state index in [0.717, 1.165) is 10.5 Å². The van der Waals surface area contributed by atoms with Crippen LogP contribution in [0, 0.1) is 0 Å². The molecule has 2 atom stereocenters. The molecule has 2 heterocycles. The molecule has 0 saturated carbocycles. The number of carbonyl (C=O) groups excluding carboxylic acids is 3. The summed E-state index contributed by atoms with van der Waals surface area (Å²) in [7, 11) is 0. The van der Waals surface area contributed by atoms with Crippen LogP contribution >= 0.6 is 0 Å². The topological polar surface area (TPSA) is 97.0 Å². The predicted molar refractivity (Wildman–Crippen MR) is 117 cm³/mol. The highest BCUT2D eigenvalue weighted by atomic mass is 16.6. The zero-order valence-corrected chi connectivity index (χ0v) is 18.2. The predicted octanol–water partition coefficient (Wildman–Crippen LogP) is 2.88. The van der Waals surface area contributed by atoms with Crippen LogP contribution < -0.4 is 20.1 Å². The molecule has 0 aromatic heterocycles. The molecule has 1 saturated heterocycles. The molecule has 2 aromatic carbocycles. The van der Waals surface area contributed by atoms with Crippen molar-refractivity contribution in [3.05, 3.63) is 59.7 Å². The number of hydrogen-bond acceptors (Lipinski definition) is 5. The number of amides is 4. The Kier molecular flexibility index (Phi) is 6.03. The highest BCUT2D eigenvalue weighted by molar-refractivity contribution is 6.09. The second-order valence-corrected chi connectivity index (χ2v) is 8.04. The lowest BCUT2D eigenvalue weighted by atomic mass is 9.85. The molecule has 2 N–H and O–H groups in total. The number of carbonyl (C=O) groups is 3. The number of nitrogens with zero attached hydrogens (tertiary/aromatic N) is 1. The lowest BCUT2D eigenvalue weighted by molar-refractivity contribution is -0.135. The van der Waals surface area contributed by atoms with Gasteiger partial charge in [0.1, 0.15) is 25.3 Å². The molecule has 0 aliphatic carbocycles. The first-order valence-electron chi connectivity index (χ1n) is 10.8. The summed E-state index contributed by atoms with van der Waals surface area (Å²) < 4.78 is 11.1. The van der Waals surface area contributed by atoms with E-state index in [1.807, 2.05) is 62.4 Å². The number of hydrogen-bond donors (Lipinski definition) is 2. The molecule has 2 aliphatic heterocycles. The number of benzene rings is 2. The third-order valence-corrected chi connectivity index (χ3v) is 5.81. The van der Waals surface area contributed by atoms with Crippen LogP contribution in [0.2, 0.25) is 0 Å². The van der Waals surface area contributed by atoms with Crippen molar-refractivity contribution in [1.82, 2.24) is 15.5 Å². The first kappa shape index (κ1) is 21.7. The van der Waals surface area contributed by atoms with Crippen LogP contribution in [0.25, 0.3) is 0 Å². The molecule has 8 nitrogen and oxygen atoms in total. The molecule has 2 aliphatic rings. The molecule has 4 amide bonds. The number of fused-ring (bicyclic) bond motifs is 1. The smallest absolute Gasteiger partial charge is 0.325 e. The monoisotopic (exact) mass is 437 g/mol. The van der Waals surface area contributed by atoms with Crippen LogP contribution in [0.1, 0.15) is 43.9 Å². The van der Waals surface area contributed by atoms with Gasteiger partial charge < -0.3 is 20.1 Å². The largest absolute Gasteiger partial charge is 0.486 e. The van der Waals surface area contributed by atoms with Crippen LogP contribution in [-0.4, -0.2) is 42.5 Å². The summed E-state index contributed by atoms with van der Waals surface area (Å²) in [4.78, 5) is 39.7. The van der Waals surface area contributed by atoms with Crippen LogP contribution in [0.5, 0.6) is 11.5 Å². The minimum Gasteiger partial charge on any atom is -0.486 e. The Morgan fingerprint density at radius 2 is 1.84 bits per heavy atom. The molecule has 2 unspecified atom stereocenters. The Morgan fingerprint density at radius 1 is 1.12 bits per heavy atom. The van der Waals surface area contributed by atoms with Gasteiger partial charge in [-0.2, -0.15) is 0 Å². The van der Waals surface area contributed by atoms with Gasteiger partial charge >= 0.3 is 6.03 Å². The minimum absolute atomic E-state index is 0.339. The van der Waals surface area contributed by atoms with Crippen molar-refractivity contribution in [3.63, 3.8) is 0 Å². The summed E-state index contributed by atoms with van der Waals surface area (Å²) in [6.07, 6.45) is 1.15. The van der Waals surface area contributed by atoms with Gasteiger partial charge in [0.2, 0.25) is 5.91 Å². The van der Waals surface area contributed by atoms with E-state index in [-0.39, 0.29) is 12.6 Å². The summed E-state index contributed by atoms with van der Waals surface area (Å²) in [5.41, 5.74) is 0.409. The molecule has 4 rings (SSSR count). The van der Waals surface area contributed by atoms with Gasteiger partial charge in [-0.25, -0.2) is 4.79 Å². The normalized spacial score (nSPS) is 20.6. The minimum atomic E-state index is -1.14. The van der Waals surface area contributed by atoms with E-state index >= 15 is 0 Å². The van der Waals surface area contributed by atoms with Gasteiger partial charge in [-0.3, -0.25) is 14.5 Å². The Morgan fingerprint density at radius 3 is 2.56 bits per heavy atom. The quantitative estimate of drug-likeness (QED) is 0.650.